The maximum Gasteiger partial charge on any atom is 0.00921 e. The largest absolute Gasteiger partial charge is 0.316 e. The van der Waals surface area contributed by atoms with Gasteiger partial charge in [0.05, 0.1) is 0 Å². The van der Waals surface area contributed by atoms with E-state index < -0.39 is 0 Å². The van der Waals surface area contributed by atoms with Crippen molar-refractivity contribution in [2.75, 3.05) is 13.1 Å². The minimum atomic E-state index is 0. The lowest BCUT2D eigenvalue weighted by atomic mass is 10.1. The van der Waals surface area contributed by atoms with Gasteiger partial charge < -0.3 is 5.32 Å². The molecule has 0 bridgehead atoms. The average Bonchev–Trinajstić information content (AvgIpc) is 2.55. The predicted molar refractivity (Wildman–Crippen MR) is 56.5 cm³/mol. The minimum Gasteiger partial charge on any atom is -0.316 e. The molecule has 1 fully saturated rings. The normalized spacial score (nSPS) is 22.2. The fourth-order valence-corrected chi connectivity index (χ4v) is 2.58. The van der Waals surface area contributed by atoms with Crippen molar-refractivity contribution in [3.05, 3.63) is 21.9 Å². The van der Waals surface area contributed by atoms with Gasteiger partial charge in [-0.15, -0.1) is 23.7 Å². The first-order valence-corrected chi connectivity index (χ1v) is 4.95. The first-order valence-electron chi connectivity index (χ1n) is 4.13. The molecule has 1 N–H and O–H groups in total. The maximum absolute atomic E-state index is 3.39. The first kappa shape index (κ1) is 10.0. The molecule has 2 rings (SSSR count). The third-order valence-corrected chi connectivity index (χ3v) is 3.39. The van der Waals surface area contributed by atoms with Gasteiger partial charge in [0.2, 0.25) is 0 Å². The van der Waals surface area contributed by atoms with Gasteiger partial charge >= 0.3 is 0 Å². The van der Waals surface area contributed by atoms with Gasteiger partial charge in [-0.25, -0.2) is 0 Å². The van der Waals surface area contributed by atoms with Gasteiger partial charge in [0.25, 0.3) is 0 Å². The molecule has 1 aromatic rings. The molecule has 0 aromatic carbocycles. The molecule has 3 heteroatoms. The summed E-state index contributed by atoms with van der Waals surface area (Å²) in [4.78, 5) is 3.00. The second-order valence-corrected chi connectivity index (χ2v) is 4.46. The van der Waals surface area contributed by atoms with Gasteiger partial charge in [-0.3, -0.25) is 0 Å². The summed E-state index contributed by atoms with van der Waals surface area (Å²) < 4.78 is 0. The molecule has 12 heavy (non-hydrogen) atoms. The van der Waals surface area contributed by atoms with Crippen LogP contribution in [0.5, 0.6) is 0 Å². The van der Waals surface area contributed by atoms with Crippen LogP contribution in [0.4, 0.5) is 0 Å². The lowest BCUT2D eigenvalue weighted by Gasteiger charge is -2.02. The topological polar surface area (TPSA) is 12.0 Å². The van der Waals surface area contributed by atoms with Crippen molar-refractivity contribution in [1.29, 1.82) is 0 Å². The molecule has 1 unspecified atom stereocenters. The fraction of sp³-hybridized carbons (Fsp3) is 0.556. The van der Waals surface area contributed by atoms with Gasteiger partial charge in [-0.2, -0.15) is 0 Å². The molecular formula is C9H14ClNS. The number of aryl methyl sites for hydroxylation is 1. The van der Waals surface area contributed by atoms with E-state index in [-0.39, 0.29) is 12.4 Å². The van der Waals surface area contributed by atoms with E-state index in [0.717, 1.165) is 5.92 Å². The summed E-state index contributed by atoms with van der Waals surface area (Å²) in [6.45, 7) is 4.55. The van der Waals surface area contributed by atoms with E-state index in [1.54, 1.807) is 4.88 Å². The predicted octanol–water partition coefficient (Wildman–Crippen LogP) is 2.56. The van der Waals surface area contributed by atoms with Crippen LogP contribution in [0.25, 0.3) is 0 Å². The zero-order valence-electron chi connectivity index (χ0n) is 7.17. The second-order valence-electron chi connectivity index (χ2n) is 3.14. The van der Waals surface area contributed by atoms with Gasteiger partial charge in [0.1, 0.15) is 0 Å². The summed E-state index contributed by atoms with van der Waals surface area (Å²) >= 11 is 1.94. The van der Waals surface area contributed by atoms with Crippen LogP contribution in [-0.2, 0) is 0 Å². The Kier molecular flexibility index (Phi) is 3.56. The molecule has 1 atom stereocenters. The Morgan fingerprint density at radius 1 is 1.50 bits per heavy atom. The van der Waals surface area contributed by atoms with E-state index >= 15 is 0 Å². The highest BCUT2D eigenvalue weighted by molar-refractivity contribution is 7.12. The molecular weight excluding hydrogens is 190 g/mol. The SMILES string of the molecule is Cc1ccc(C2CCNC2)s1.Cl. The molecule has 0 spiro atoms. The molecule has 1 nitrogen and oxygen atoms in total. The Bertz CT molecular complexity index is 240. The molecule has 0 amide bonds. The molecule has 1 aliphatic heterocycles. The van der Waals surface area contributed by atoms with Gasteiger partial charge in [-0.1, -0.05) is 0 Å². The van der Waals surface area contributed by atoms with Crippen molar-refractivity contribution in [2.45, 2.75) is 19.3 Å². The van der Waals surface area contributed by atoms with E-state index in [1.165, 1.54) is 24.4 Å². The van der Waals surface area contributed by atoms with Crippen LogP contribution < -0.4 is 5.32 Å². The Morgan fingerprint density at radius 3 is 2.83 bits per heavy atom. The summed E-state index contributed by atoms with van der Waals surface area (Å²) in [5.74, 6) is 0.800. The van der Waals surface area contributed by atoms with Crippen molar-refractivity contribution >= 4 is 23.7 Å². The zero-order chi connectivity index (χ0) is 7.68. The van der Waals surface area contributed by atoms with Gasteiger partial charge in [0.15, 0.2) is 0 Å². The molecule has 1 saturated heterocycles. The summed E-state index contributed by atoms with van der Waals surface area (Å²) in [6.07, 6.45) is 1.32. The van der Waals surface area contributed by atoms with Crippen molar-refractivity contribution in [2.24, 2.45) is 0 Å². The lowest BCUT2D eigenvalue weighted by molar-refractivity contribution is 0.779. The van der Waals surface area contributed by atoms with Crippen LogP contribution in [0, 0.1) is 6.92 Å². The molecule has 0 radical (unpaired) electrons. The Morgan fingerprint density at radius 2 is 2.33 bits per heavy atom. The van der Waals surface area contributed by atoms with Gasteiger partial charge in [-0.05, 0) is 32.0 Å². The molecule has 68 valence electrons. The van der Waals surface area contributed by atoms with Crippen LogP contribution in [0.2, 0.25) is 0 Å². The summed E-state index contributed by atoms with van der Waals surface area (Å²) in [5.41, 5.74) is 0. The van der Waals surface area contributed by atoms with Crippen LogP contribution in [0.15, 0.2) is 12.1 Å². The van der Waals surface area contributed by atoms with Crippen LogP contribution in [0.1, 0.15) is 22.1 Å². The quantitative estimate of drug-likeness (QED) is 0.740. The average molecular weight is 204 g/mol. The summed E-state index contributed by atoms with van der Waals surface area (Å²) in [7, 11) is 0. The Labute approximate surface area is 83.6 Å². The van der Waals surface area contributed by atoms with E-state index in [4.69, 9.17) is 0 Å². The highest BCUT2D eigenvalue weighted by Gasteiger charge is 2.17. The summed E-state index contributed by atoms with van der Waals surface area (Å²) in [5, 5.41) is 3.39. The molecule has 1 aliphatic rings. The minimum absolute atomic E-state index is 0. The van der Waals surface area contributed by atoms with Crippen molar-refractivity contribution in [3.63, 3.8) is 0 Å². The van der Waals surface area contributed by atoms with Crippen LogP contribution >= 0.6 is 23.7 Å². The molecule has 2 heterocycles. The number of rotatable bonds is 1. The van der Waals surface area contributed by atoms with E-state index in [0.29, 0.717) is 0 Å². The maximum atomic E-state index is 3.39. The number of hydrogen-bond acceptors (Lipinski definition) is 2. The molecule has 0 saturated carbocycles. The smallest absolute Gasteiger partial charge is 0.00921 e. The van der Waals surface area contributed by atoms with Crippen LogP contribution in [0.3, 0.4) is 0 Å². The number of halogens is 1. The lowest BCUT2D eigenvalue weighted by Crippen LogP contribution is -2.07. The van der Waals surface area contributed by atoms with E-state index in [9.17, 15) is 0 Å². The Balaban J connectivity index is 0.000000720. The first-order chi connectivity index (χ1) is 5.36. The number of hydrogen-bond donors (Lipinski definition) is 1. The highest BCUT2D eigenvalue weighted by atomic mass is 35.5. The van der Waals surface area contributed by atoms with Crippen LogP contribution in [-0.4, -0.2) is 13.1 Å². The molecule has 0 aliphatic carbocycles. The zero-order valence-corrected chi connectivity index (χ0v) is 8.80. The highest BCUT2D eigenvalue weighted by Crippen LogP contribution is 2.28. The van der Waals surface area contributed by atoms with E-state index in [2.05, 4.69) is 24.4 Å². The van der Waals surface area contributed by atoms with Crippen molar-refractivity contribution in [3.8, 4) is 0 Å². The summed E-state index contributed by atoms with van der Waals surface area (Å²) in [6, 6.07) is 4.50. The van der Waals surface area contributed by atoms with E-state index in [1.807, 2.05) is 11.3 Å². The van der Waals surface area contributed by atoms with Crippen molar-refractivity contribution < 1.29 is 0 Å². The number of thiophene rings is 1. The number of nitrogens with one attached hydrogen (secondary N) is 1. The second kappa shape index (κ2) is 4.26. The standard InChI is InChI=1S/C9H13NS.ClH/c1-7-2-3-9(11-7)8-4-5-10-6-8;/h2-3,8,10H,4-6H2,1H3;1H. The Hall–Kier alpha value is -0.0500. The third-order valence-electron chi connectivity index (χ3n) is 2.22. The fourth-order valence-electron chi connectivity index (χ4n) is 1.57. The molecule has 1 aromatic heterocycles. The third kappa shape index (κ3) is 2.00. The van der Waals surface area contributed by atoms with Gasteiger partial charge in [0, 0.05) is 22.2 Å². The monoisotopic (exact) mass is 203 g/mol. The van der Waals surface area contributed by atoms with Crippen molar-refractivity contribution in [1.82, 2.24) is 5.32 Å².